The van der Waals surface area contributed by atoms with E-state index in [2.05, 4.69) is 15.1 Å². The van der Waals surface area contributed by atoms with Crippen molar-refractivity contribution in [1.82, 2.24) is 15.1 Å². The van der Waals surface area contributed by atoms with Crippen LogP contribution in [0.2, 0.25) is 0 Å². The van der Waals surface area contributed by atoms with Gasteiger partial charge in [-0.3, -0.25) is 9.69 Å². The zero-order valence-corrected chi connectivity index (χ0v) is 13.1. The smallest absolute Gasteiger partial charge is 0.253 e. The van der Waals surface area contributed by atoms with E-state index in [1.54, 1.807) is 0 Å². The number of carbonyl (C=O) groups excluding carboxylic acids is 1. The first-order valence-corrected chi connectivity index (χ1v) is 8.60. The zero-order valence-electron chi connectivity index (χ0n) is 13.1. The minimum Gasteiger partial charge on any atom is -0.338 e. The number of piperazine rings is 1. The standard InChI is InChI=1S/C18H25N3O/c22-18(14-4-2-1-3-5-14)21-12-15-10-17(11-16(15)13-21)20-8-6-19-7-9-20/h1-5,15-17,19H,6-13H2. The van der Waals surface area contributed by atoms with Crippen LogP contribution in [0.25, 0.3) is 0 Å². The molecule has 0 radical (unpaired) electrons. The van der Waals surface area contributed by atoms with Gasteiger partial charge in [-0.05, 0) is 36.8 Å². The molecule has 0 aromatic heterocycles. The lowest BCUT2D eigenvalue weighted by Gasteiger charge is -2.33. The zero-order chi connectivity index (χ0) is 14.9. The SMILES string of the molecule is O=C(c1ccccc1)N1CC2CC(N3CCNCC3)CC2C1. The molecule has 0 spiro atoms. The molecule has 2 unspecified atom stereocenters. The van der Waals surface area contributed by atoms with Crippen LogP contribution in [0.5, 0.6) is 0 Å². The summed E-state index contributed by atoms with van der Waals surface area (Å²) in [6, 6.07) is 10.5. The van der Waals surface area contributed by atoms with E-state index in [4.69, 9.17) is 0 Å². The number of hydrogen-bond donors (Lipinski definition) is 1. The van der Waals surface area contributed by atoms with Crippen LogP contribution in [0.15, 0.2) is 30.3 Å². The molecule has 1 N–H and O–H groups in total. The van der Waals surface area contributed by atoms with Crippen molar-refractivity contribution in [3.05, 3.63) is 35.9 Å². The van der Waals surface area contributed by atoms with Crippen molar-refractivity contribution in [2.75, 3.05) is 39.3 Å². The van der Waals surface area contributed by atoms with Gasteiger partial charge < -0.3 is 10.2 Å². The molecule has 2 heterocycles. The molecule has 4 rings (SSSR count). The molecule has 3 fully saturated rings. The fourth-order valence-corrected chi connectivity index (χ4v) is 4.54. The normalized spacial score (nSPS) is 32.2. The summed E-state index contributed by atoms with van der Waals surface area (Å²) in [7, 11) is 0. The fourth-order valence-electron chi connectivity index (χ4n) is 4.54. The number of likely N-dealkylation sites (tertiary alicyclic amines) is 1. The Kier molecular flexibility index (Phi) is 3.89. The van der Waals surface area contributed by atoms with Crippen molar-refractivity contribution in [1.29, 1.82) is 0 Å². The first kappa shape index (κ1) is 14.2. The highest BCUT2D eigenvalue weighted by Gasteiger charge is 2.44. The van der Waals surface area contributed by atoms with Gasteiger partial charge in [0.1, 0.15) is 0 Å². The molecule has 4 nitrogen and oxygen atoms in total. The van der Waals surface area contributed by atoms with Gasteiger partial charge in [-0.2, -0.15) is 0 Å². The van der Waals surface area contributed by atoms with Crippen molar-refractivity contribution < 1.29 is 4.79 Å². The first-order chi connectivity index (χ1) is 10.8. The van der Waals surface area contributed by atoms with Crippen LogP contribution in [-0.2, 0) is 0 Å². The Hall–Kier alpha value is -1.39. The molecule has 1 saturated carbocycles. The molecule has 3 aliphatic rings. The molecular weight excluding hydrogens is 274 g/mol. The number of nitrogens with one attached hydrogen (secondary N) is 1. The molecule has 1 aromatic rings. The summed E-state index contributed by atoms with van der Waals surface area (Å²) in [5.74, 6) is 1.65. The van der Waals surface area contributed by atoms with E-state index in [9.17, 15) is 4.79 Å². The van der Waals surface area contributed by atoms with E-state index in [1.165, 1.54) is 25.9 Å². The molecule has 2 saturated heterocycles. The van der Waals surface area contributed by atoms with E-state index in [1.807, 2.05) is 30.3 Å². The Morgan fingerprint density at radius 3 is 2.27 bits per heavy atom. The molecule has 22 heavy (non-hydrogen) atoms. The number of amides is 1. The van der Waals surface area contributed by atoms with Crippen molar-refractivity contribution in [3.8, 4) is 0 Å². The number of fused-ring (bicyclic) bond motifs is 1. The lowest BCUT2D eigenvalue weighted by molar-refractivity contribution is 0.0770. The maximum Gasteiger partial charge on any atom is 0.253 e. The Bertz CT molecular complexity index is 512. The second kappa shape index (κ2) is 6.01. The maximum atomic E-state index is 12.6. The second-order valence-corrected chi connectivity index (χ2v) is 7.01. The van der Waals surface area contributed by atoms with Crippen molar-refractivity contribution in [2.24, 2.45) is 11.8 Å². The Morgan fingerprint density at radius 2 is 1.64 bits per heavy atom. The van der Waals surface area contributed by atoms with Crippen LogP contribution in [0, 0.1) is 11.8 Å². The van der Waals surface area contributed by atoms with Crippen LogP contribution in [0.4, 0.5) is 0 Å². The van der Waals surface area contributed by atoms with Gasteiger partial charge in [0, 0.05) is 50.9 Å². The van der Waals surface area contributed by atoms with E-state index in [-0.39, 0.29) is 5.91 Å². The third kappa shape index (κ3) is 2.66. The minimum atomic E-state index is 0.216. The number of nitrogens with zero attached hydrogens (tertiary/aromatic N) is 2. The molecule has 1 aromatic carbocycles. The van der Waals surface area contributed by atoms with E-state index in [0.717, 1.165) is 37.8 Å². The van der Waals surface area contributed by atoms with Gasteiger partial charge in [0.15, 0.2) is 0 Å². The third-order valence-corrected chi connectivity index (χ3v) is 5.70. The van der Waals surface area contributed by atoms with Gasteiger partial charge in [0.25, 0.3) is 5.91 Å². The number of carbonyl (C=O) groups is 1. The Morgan fingerprint density at radius 1 is 1.00 bits per heavy atom. The van der Waals surface area contributed by atoms with E-state index in [0.29, 0.717) is 11.8 Å². The summed E-state index contributed by atoms with van der Waals surface area (Å²) in [6.07, 6.45) is 2.56. The Labute approximate surface area is 132 Å². The van der Waals surface area contributed by atoms with Crippen LogP contribution in [-0.4, -0.2) is 61.0 Å². The van der Waals surface area contributed by atoms with Gasteiger partial charge in [0.05, 0.1) is 0 Å². The lowest BCUT2D eigenvalue weighted by atomic mass is 10.0. The molecule has 1 amide bonds. The predicted octanol–water partition coefficient (Wildman–Crippen LogP) is 1.44. The van der Waals surface area contributed by atoms with Gasteiger partial charge in [-0.25, -0.2) is 0 Å². The summed E-state index contributed by atoms with van der Waals surface area (Å²) >= 11 is 0. The monoisotopic (exact) mass is 299 g/mol. The number of rotatable bonds is 2. The highest BCUT2D eigenvalue weighted by atomic mass is 16.2. The highest BCUT2D eigenvalue weighted by molar-refractivity contribution is 5.94. The summed E-state index contributed by atoms with van der Waals surface area (Å²) in [5.41, 5.74) is 0.834. The van der Waals surface area contributed by atoms with Gasteiger partial charge in [-0.15, -0.1) is 0 Å². The van der Waals surface area contributed by atoms with Crippen LogP contribution in [0.3, 0.4) is 0 Å². The average molecular weight is 299 g/mol. The molecule has 2 aliphatic heterocycles. The van der Waals surface area contributed by atoms with Gasteiger partial charge in [-0.1, -0.05) is 18.2 Å². The lowest BCUT2D eigenvalue weighted by Crippen LogP contribution is -2.48. The van der Waals surface area contributed by atoms with Crippen LogP contribution < -0.4 is 5.32 Å². The molecule has 4 heteroatoms. The highest BCUT2D eigenvalue weighted by Crippen LogP contribution is 2.40. The van der Waals surface area contributed by atoms with Crippen molar-refractivity contribution in [3.63, 3.8) is 0 Å². The topological polar surface area (TPSA) is 35.6 Å². The molecule has 118 valence electrons. The van der Waals surface area contributed by atoms with Gasteiger partial charge in [0.2, 0.25) is 0 Å². The summed E-state index contributed by atoms with van der Waals surface area (Å²) in [6.45, 7) is 6.56. The summed E-state index contributed by atoms with van der Waals surface area (Å²) in [4.78, 5) is 17.3. The first-order valence-electron chi connectivity index (χ1n) is 8.60. The molecule has 0 bridgehead atoms. The Balaban J connectivity index is 1.36. The summed E-state index contributed by atoms with van der Waals surface area (Å²) in [5, 5.41) is 3.43. The number of hydrogen-bond acceptors (Lipinski definition) is 3. The third-order valence-electron chi connectivity index (χ3n) is 5.70. The largest absolute Gasteiger partial charge is 0.338 e. The molecular formula is C18H25N3O. The van der Waals surface area contributed by atoms with E-state index < -0.39 is 0 Å². The van der Waals surface area contributed by atoms with Crippen molar-refractivity contribution >= 4 is 5.91 Å². The van der Waals surface area contributed by atoms with E-state index >= 15 is 0 Å². The molecule has 1 aliphatic carbocycles. The second-order valence-electron chi connectivity index (χ2n) is 7.01. The van der Waals surface area contributed by atoms with Gasteiger partial charge >= 0.3 is 0 Å². The van der Waals surface area contributed by atoms with Crippen molar-refractivity contribution in [2.45, 2.75) is 18.9 Å². The quantitative estimate of drug-likeness (QED) is 0.898. The van der Waals surface area contributed by atoms with Crippen LogP contribution >= 0.6 is 0 Å². The summed E-state index contributed by atoms with van der Waals surface area (Å²) < 4.78 is 0. The predicted molar refractivity (Wildman–Crippen MR) is 86.8 cm³/mol. The average Bonchev–Trinajstić information content (AvgIpc) is 3.15. The minimum absolute atomic E-state index is 0.216. The maximum absolute atomic E-state index is 12.6. The molecule has 2 atom stereocenters. The van der Waals surface area contributed by atoms with Crippen LogP contribution in [0.1, 0.15) is 23.2 Å². The number of benzene rings is 1. The fraction of sp³-hybridized carbons (Fsp3) is 0.611.